The van der Waals surface area contributed by atoms with Crippen LogP contribution in [0.3, 0.4) is 0 Å². The maximum atomic E-state index is 13.4. The van der Waals surface area contributed by atoms with E-state index in [9.17, 15) is 21.6 Å². The summed E-state index contributed by atoms with van der Waals surface area (Å²) in [6, 6.07) is 0. The molecule has 2 unspecified atom stereocenters. The fraction of sp³-hybridized carbons (Fsp3) is 0.500. The Morgan fingerprint density at radius 1 is 1.08 bits per heavy atom. The number of hydrogen-bond donors (Lipinski definition) is 1. The first-order valence-electron chi connectivity index (χ1n) is 10.9. The minimum Gasteiger partial charge on any atom is -0.479 e. The zero-order valence-corrected chi connectivity index (χ0v) is 21.9. The van der Waals surface area contributed by atoms with Crippen LogP contribution in [-0.4, -0.2) is 75.9 Å². The molecule has 1 N–H and O–H groups in total. The summed E-state index contributed by atoms with van der Waals surface area (Å²) >= 11 is 5.82. The number of nitrogens with one attached hydrogen (secondary N) is 1. The number of rotatable bonds is 10. The molecule has 0 radical (unpaired) electrons. The van der Waals surface area contributed by atoms with Gasteiger partial charge in [0.2, 0.25) is 27.7 Å². The summed E-state index contributed by atoms with van der Waals surface area (Å²) in [5.74, 6) is -3.56. The summed E-state index contributed by atoms with van der Waals surface area (Å²) in [6.45, 7) is 1.34. The highest BCUT2D eigenvalue weighted by Crippen LogP contribution is 2.56. The second-order valence-electron chi connectivity index (χ2n) is 8.22. The van der Waals surface area contributed by atoms with Gasteiger partial charge in [0.05, 0.1) is 25.2 Å². The third-order valence-corrected chi connectivity index (χ3v) is 7.78. The van der Waals surface area contributed by atoms with Gasteiger partial charge in [0, 0.05) is 25.4 Å². The van der Waals surface area contributed by atoms with Crippen molar-refractivity contribution in [1.82, 2.24) is 34.7 Å². The minimum absolute atomic E-state index is 0.0442. The Morgan fingerprint density at radius 3 is 2.18 bits per heavy atom. The van der Waals surface area contributed by atoms with Crippen molar-refractivity contribution in [3.05, 3.63) is 35.4 Å². The Morgan fingerprint density at radius 2 is 1.68 bits per heavy atom. The molecule has 0 aromatic carbocycles. The van der Waals surface area contributed by atoms with Gasteiger partial charge in [0.25, 0.3) is 0 Å². The molecule has 0 amide bonds. The molecule has 0 spiro atoms. The SMILES string of the molecule is COc1ncnc(OC)c1-n1c(NS(=O)(=O)[C@@H](C)[C@H](OC)c2ncc(Cl)cn2)nnc1C1CC1C(F)(F)F. The molecule has 0 aliphatic heterocycles. The number of hydrogen-bond acceptors (Lipinski definition) is 11. The van der Waals surface area contributed by atoms with Crippen LogP contribution in [0.5, 0.6) is 11.8 Å². The van der Waals surface area contributed by atoms with Crippen molar-refractivity contribution in [1.29, 1.82) is 0 Å². The monoisotopic (exact) mass is 578 g/mol. The van der Waals surface area contributed by atoms with Crippen LogP contribution in [0.25, 0.3) is 5.69 Å². The molecule has 38 heavy (non-hydrogen) atoms. The van der Waals surface area contributed by atoms with Gasteiger partial charge in [0.15, 0.2) is 11.5 Å². The number of ether oxygens (including phenoxy) is 3. The maximum Gasteiger partial charge on any atom is 0.392 e. The molecule has 1 aliphatic rings. The predicted molar refractivity (Wildman–Crippen MR) is 126 cm³/mol. The number of nitrogens with zero attached hydrogens (tertiary/aromatic N) is 7. The highest BCUT2D eigenvalue weighted by Gasteiger charge is 2.58. The molecule has 1 saturated carbocycles. The maximum absolute atomic E-state index is 13.4. The molecular formula is C20H22ClF3N8O5S. The molecule has 3 aromatic heterocycles. The van der Waals surface area contributed by atoms with Gasteiger partial charge in [-0.05, 0) is 13.3 Å². The Balaban J connectivity index is 1.78. The molecule has 1 aliphatic carbocycles. The van der Waals surface area contributed by atoms with Crippen molar-refractivity contribution in [2.24, 2.45) is 5.92 Å². The molecule has 4 rings (SSSR count). The molecule has 3 aromatic rings. The van der Waals surface area contributed by atoms with E-state index in [1.54, 1.807) is 0 Å². The molecule has 13 nitrogen and oxygen atoms in total. The van der Waals surface area contributed by atoms with E-state index in [4.69, 9.17) is 25.8 Å². The van der Waals surface area contributed by atoms with Gasteiger partial charge >= 0.3 is 6.18 Å². The molecular weight excluding hydrogens is 557 g/mol. The van der Waals surface area contributed by atoms with Crippen molar-refractivity contribution in [2.75, 3.05) is 26.1 Å². The fourth-order valence-electron chi connectivity index (χ4n) is 3.86. The van der Waals surface area contributed by atoms with Crippen molar-refractivity contribution in [2.45, 2.75) is 36.8 Å². The average molecular weight is 579 g/mol. The summed E-state index contributed by atoms with van der Waals surface area (Å²) in [7, 11) is -0.528. The van der Waals surface area contributed by atoms with E-state index < -0.39 is 45.3 Å². The predicted octanol–water partition coefficient (Wildman–Crippen LogP) is 2.70. The Bertz CT molecular complexity index is 1380. The lowest BCUT2D eigenvalue weighted by molar-refractivity contribution is -0.148. The average Bonchev–Trinajstić information content (AvgIpc) is 3.60. The van der Waals surface area contributed by atoms with E-state index >= 15 is 0 Å². The van der Waals surface area contributed by atoms with E-state index in [-0.39, 0.29) is 40.5 Å². The molecule has 18 heteroatoms. The lowest BCUT2D eigenvalue weighted by Crippen LogP contribution is -2.33. The van der Waals surface area contributed by atoms with Crippen LogP contribution < -0.4 is 14.2 Å². The molecule has 0 saturated heterocycles. The molecule has 0 bridgehead atoms. The Hall–Kier alpha value is -3.31. The van der Waals surface area contributed by atoms with Crippen LogP contribution in [0.15, 0.2) is 18.7 Å². The van der Waals surface area contributed by atoms with E-state index in [0.717, 1.165) is 10.9 Å². The number of anilines is 1. The van der Waals surface area contributed by atoms with Gasteiger partial charge in [0.1, 0.15) is 23.5 Å². The topological polar surface area (TPSA) is 156 Å². The smallest absolute Gasteiger partial charge is 0.392 e. The number of sulfonamides is 1. The van der Waals surface area contributed by atoms with Crippen LogP contribution >= 0.6 is 11.6 Å². The summed E-state index contributed by atoms with van der Waals surface area (Å²) < 4.78 is 86.3. The van der Waals surface area contributed by atoms with Crippen molar-refractivity contribution in [3.8, 4) is 17.4 Å². The van der Waals surface area contributed by atoms with Crippen molar-refractivity contribution >= 4 is 27.6 Å². The molecule has 206 valence electrons. The first kappa shape index (κ1) is 27.7. The van der Waals surface area contributed by atoms with Crippen molar-refractivity contribution in [3.63, 3.8) is 0 Å². The quantitative estimate of drug-likeness (QED) is 0.377. The standard InChI is InChI=1S/C20H22ClF3N8O5S/c1-9(14(35-2)15-25-6-10(21)7-26-15)38(33,34)31-19-30-29-16(11-5-12(11)20(22,23)24)32(19)13-17(36-3)27-8-28-18(13)37-4/h6-9,11-12,14H,5H2,1-4H3,(H,30,31)/t9-,11?,12?,14-/m0/s1. The molecule has 4 atom stereocenters. The van der Waals surface area contributed by atoms with Gasteiger partial charge in [-0.1, -0.05) is 11.6 Å². The second kappa shape index (κ2) is 10.5. The molecule has 1 fully saturated rings. The van der Waals surface area contributed by atoms with Crippen LogP contribution in [0, 0.1) is 5.92 Å². The zero-order valence-electron chi connectivity index (χ0n) is 20.3. The normalized spacial score (nSPS) is 19.1. The van der Waals surface area contributed by atoms with Gasteiger partial charge < -0.3 is 14.2 Å². The highest BCUT2D eigenvalue weighted by molar-refractivity contribution is 7.93. The summed E-state index contributed by atoms with van der Waals surface area (Å²) in [5, 5.41) is 6.69. The van der Waals surface area contributed by atoms with Crippen LogP contribution in [0.2, 0.25) is 5.02 Å². The summed E-state index contributed by atoms with van der Waals surface area (Å²) in [5.41, 5.74) is -0.0833. The third kappa shape index (κ3) is 5.30. The number of methoxy groups -OCH3 is 3. The van der Waals surface area contributed by atoms with E-state index in [1.165, 1.54) is 40.6 Å². The summed E-state index contributed by atoms with van der Waals surface area (Å²) in [4.78, 5) is 16.0. The van der Waals surface area contributed by atoms with Crippen LogP contribution in [0.1, 0.15) is 37.0 Å². The second-order valence-corrected chi connectivity index (χ2v) is 10.7. The van der Waals surface area contributed by atoms with Crippen LogP contribution in [-0.2, 0) is 14.8 Å². The molecule has 3 heterocycles. The first-order chi connectivity index (χ1) is 17.9. The van der Waals surface area contributed by atoms with Crippen molar-refractivity contribution < 1.29 is 35.8 Å². The lowest BCUT2D eigenvalue weighted by atomic mass is 10.2. The number of alkyl halides is 3. The first-order valence-corrected chi connectivity index (χ1v) is 12.8. The number of halogens is 4. The fourth-order valence-corrected chi connectivity index (χ4v) is 5.09. The third-order valence-electron chi connectivity index (χ3n) is 5.89. The van der Waals surface area contributed by atoms with Gasteiger partial charge in [-0.2, -0.15) is 23.1 Å². The van der Waals surface area contributed by atoms with Gasteiger partial charge in [-0.3, -0.25) is 9.29 Å². The van der Waals surface area contributed by atoms with E-state index in [0.29, 0.717) is 0 Å². The van der Waals surface area contributed by atoms with E-state index in [1.807, 2.05) is 0 Å². The Kier molecular flexibility index (Phi) is 7.62. The summed E-state index contributed by atoms with van der Waals surface area (Å²) in [6.07, 6.45) is -2.20. The highest BCUT2D eigenvalue weighted by atomic mass is 35.5. The van der Waals surface area contributed by atoms with Crippen LogP contribution in [0.4, 0.5) is 19.1 Å². The lowest BCUT2D eigenvalue weighted by Gasteiger charge is -2.22. The van der Waals surface area contributed by atoms with E-state index in [2.05, 4.69) is 34.9 Å². The zero-order chi connectivity index (χ0) is 27.8. The minimum atomic E-state index is -4.48. The number of aromatic nitrogens is 7. The van der Waals surface area contributed by atoms with Gasteiger partial charge in [-0.25, -0.2) is 18.4 Å². The largest absolute Gasteiger partial charge is 0.479 e. The van der Waals surface area contributed by atoms with Gasteiger partial charge in [-0.15, -0.1) is 10.2 Å². The Labute approximate surface area is 219 Å².